The number of hydrogen-bond donors (Lipinski definition) is 2. The average molecular weight is 489 g/mol. The Bertz CT molecular complexity index is 1010. The summed E-state index contributed by atoms with van der Waals surface area (Å²) in [5.74, 6) is 0.529. The van der Waals surface area contributed by atoms with Gasteiger partial charge >= 0.3 is 0 Å². The predicted octanol–water partition coefficient (Wildman–Crippen LogP) is 3.85. The summed E-state index contributed by atoms with van der Waals surface area (Å²) in [5, 5.41) is 14.9. The van der Waals surface area contributed by atoms with E-state index >= 15 is 0 Å². The van der Waals surface area contributed by atoms with Crippen LogP contribution in [0, 0.1) is 0 Å². The fourth-order valence-electron chi connectivity index (χ4n) is 2.65. The third-order valence-corrected chi connectivity index (χ3v) is 5.62. The highest BCUT2D eigenvalue weighted by Crippen LogP contribution is 2.17. The molecule has 0 atom stereocenters. The molecule has 2 amide bonds. The molecule has 3 rings (SSSR count). The van der Waals surface area contributed by atoms with Crippen LogP contribution < -0.4 is 15.4 Å². The molecule has 0 aliphatic heterocycles. The predicted molar refractivity (Wildman–Crippen MR) is 120 cm³/mol. The largest absolute Gasteiger partial charge is 0.497 e. The van der Waals surface area contributed by atoms with Crippen molar-refractivity contribution >= 4 is 44.2 Å². The Morgan fingerprint density at radius 2 is 1.90 bits per heavy atom. The smallest absolute Gasteiger partial charge is 0.251 e. The Balaban J connectivity index is 1.40. The Morgan fingerprint density at radius 1 is 1.10 bits per heavy atom. The van der Waals surface area contributed by atoms with Crippen LogP contribution in [-0.4, -0.2) is 35.7 Å². The maximum absolute atomic E-state index is 12.1. The van der Waals surface area contributed by atoms with Gasteiger partial charge in [-0.2, -0.15) is 0 Å². The second kappa shape index (κ2) is 10.8. The molecule has 3 aromatic rings. The van der Waals surface area contributed by atoms with E-state index in [1.807, 2.05) is 36.4 Å². The van der Waals surface area contributed by atoms with Gasteiger partial charge in [0.05, 0.1) is 7.11 Å². The summed E-state index contributed by atoms with van der Waals surface area (Å²) in [6.45, 7) is 0.436. The molecule has 0 fully saturated rings. The number of nitrogens with zero attached hydrogens (tertiary/aromatic N) is 2. The zero-order chi connectivity index (χ0) is 21.3. The molecule has 7 nitrogen and oxygen atoms in total. The van der Waals surface area contributed by atoms with E-state index in [4.69, 9.17) is 4.74 Å². The summed E-state index contributed by atoms with van der Waals surface area (Å²) in [6.07, 6.45) is 1.52. The van der Waals surface area contributed by atoms with Gasteiger partial charge in [0.25, 0.3) is 5.91 Å². The van der Waals surface area contributed by atoms with Crippen LogP contribution in [0.15, 0.2) is 53.0 Å². The highest BCUT2D eigenvalue weighted by Gasteiger charge is 2.10. The van der Waals surface area contributed by atoms with Crippen LogP contribution >= 0.6 is 27.3 Å². The number of halogens is 1. The molecule has 1 aromatic heterocycles. The van der Waals surface area contributed by atoms with Crippen LogP contribution in [0.3, 0.4) is 0 Å². The van der Waals surface area contributed by atoms with Crippen molar-refractivity contribution in [1.82, 2.24) is 15.5 Å². The molecule has 2 N–H and O–H groups in total. The van der Waals surface area contributed by atoms with Crippen molar-refractivity contribution in [3.05, 3.63) is 69.1 Å². The molecule has 0 bridgehead atoms. The van der Waals surface area contributed by atoms with Gasteiger partial charge in [0.2, 0.25) is 11.0 Å². The van der Waals surface area contributed by atoms with Gasteiger partial charge in [0.15, 0.2) is 0 Å². The van der Waals surface area contributed by atoms with E-state index in [-0.39, 0.29) is 11.8 Å². The molecule has 0 radical (unpaired) electrons. The molecular weight excluding hydrogens is 468 g/mol. The lowest BCUT2D eigenvalue weighted by Crippen LogP contribution is -2.25. The van der Waals surface area contributed by atoms with E-state index in [1.54, 1.807) is 19.2 Å². The van der Waals surface area contributed by atoms with Crippen LogP contribution in [0.25, 0.3) is 0 Å². The molecule has 30 heavy (non-hydrogen) atoms. The quantitative estimate of drug-likeness (QED) is 0.476. The van der Waals surface area contributed by atoms with Gasteiger partial charge in [-0.25, -0.2) is 0 Å². The highest BCUT2D eigenvalue weighted by molar-refractivity contribution is 9.10. The van der Waals surface area contributed by atoms with Gasteiger partial charge in [0.1, 0.15) is 10.8 Å². The number of benzene rings is 2. The topological polar surface area (TPSA) is 93.2 Å². The third-order valence-electron chi connectivity index (χ3n) is 4.22. The zero-order valence-electron chi connectivity index (χ0n) is 16.4. The Labute approximate surface area is 187 Å². The zero-order valence-corrected chi connectivity index (χ0v) is 18.8. The molecular formula is C21H21BrN4O3S. The molecule has 2 aromatic carbocycles. The number of hydrogen-bond acceptors (Lipinski definition) is 6. The average Bonchev–Trinajstić information content (AvgIpc) is 3.19. The molecule has 0 aliphatic rings. The number of anilines is 1. The van der Waals surface area contributed by atoms with E-state index in [0.717, 1.165) is 20.8 Å². The maximum Gasteiger partial charge on any atom is 0.251 e. The first-order valence-electron chi connectivity index (χ1n) is 9.32. The summed E-state index contributed by atoms with van der Waals surface area (Å²) in [6, 6.07) is 14.8. The number of aryl methyl sites for hydroxylation is 1. The second-order valence-corrected chi connectivity index (χ2v) is 8.39. The monoisotopic (exact) mass is 488 g/mol. The SMILES string of the molecule is COc1ccc(CCC(=O)Nc2nnc(CCNC(=O)c3cccc(Br)c3)s2)cc1. The van der Waals surface area contributed by atoms with Gasteiger partial charge < -0.3 is 15.4 Å². The summed E-state index contributed by atoms with van der Waals surface area (Å²) < 4.78 is 5.98. The van der Waals surface area contributed by atoms with Crippen LogP contribution in [-0.2, 0) is 17.6 Å². The van der Waals surface area contributed by atoms with Crippen LogP contribution in [0.4, 0.5) is 5.13 Å². The van der Waals surface area contributed by atoms with E-state index in [2.05, 4.69) is 36.8 Å². The molecule has 9 heteroatoms. The number of nitrogens with one attached hydrogen (secondary N) is 2. The summed E-state index contributed by atoms with van der Waals surface area (Å²) in [5.41, 5.74) is 1.65. The van der Waals surface area contributed by atoms with Gasteiger partial charge in [-0.3, -0.25) is 9.59 Å². The van der Waals surface area contributed by atoms with Crippen LogP contribution in [0.2, 0.25) is 0 Å². The molecule has 1 heterocycles. The normalized spacial score (nSPS) is 10.5. The van der Waals surface area contributed by atoms with E-state index in [1.165, 1.54) is 11.3 Å². The molecule has 0 saturated heterocycles. The first kappa shape index (κ1) is 21.9. The lowest BCUT2D eigenvalue weighted by atomic mass is 10.1. The van der Waals surface area contributed by atoms with Crippen molar-refractivity contribution in [3.8, 4) is 5.75 Å². The molecule has 156 valence electrons. The first-order valence-corrected chi connectivity index (χ1v) is 10.9. The second-order valence-electron chi connectivity index (χ2n) is 6.41. The van der Waals surface area contributed by atoms with Crippen molar-refractivity contribution < 1.29 is 14.3 Å². The lowest BCUT2D eigenvalue weighted by molar-refractivity contribution is -0.116. The van der Waals surface area contributed by atoms with Gasteiger partial charge in [-0.15, -0.1) is 10.2 Å². The Hall–Kier alpha value is -2.78. The fraction of sp³-hybridized carbons (Fsp3) is 0.238. The minimum absolute atomic E-state index is 0.114. The van der Waals surface area contributed by atoms with Crippen molar-refractivity contribution in [3.63, 3.8) is 0 Å². The fourth-order valence-corrected chi connectivity index (χ4v) is 3.81. The summed E-state index contributed by atoms with van der Waals surface area (Å²) in [4.78, 5) is 24.3. The number of aromatic nitrogens is 2. The summed E-state index contributed by atoms with van der Waals surface area (Å²) in [7, 11) is 1.62. The number of methoxy groups -OCH3 is 1. The van der Waals surface area contributed by atoms with E-state index < -0.39 is 0 Å². The minimum Gasteiger partial charge on any atom is -0.497 e. The van der Waals surface area contributed by atoms with Gasteiger partial charge in [-0.1, -0.05) is 45.5 Å². The first-order chi connectivity index (χ1) is 14.5. The van der Waals surface area contributed by atoms with Gasteiger partial charge in [-0.05, 0) is 42.3 Å². The summed E-state index contributed by atoms with van der Waals surface area (Å²) >= 11 is 4.66. The number of carbonyl (C=O) groups excluding carboxylic acids is 2. The van der Waals surface area contributed by atoms with Crippen molar-refractivity contribution in [2.75, 3.05) is 19.0 Å². The van der Waals surface area contributed by atoms with Crippen LogP contribution in [0.5, 0.6) is 5.75 Å². The number of carbonyl (C=O) groups is 2. The lowest BCUT2D eigenvalue weighted by Gasteiger charge is -2.04. The highest BCUT2D eigenvalue weighted by atomic mass is 79.9. The number of rotatable bonds is 9. The van der Waals surface area contributed by atoms with Crippen molar-refractivity contribution in [2.24, 2.45) is 0 Å². The van der Waals surface area contributed by atoms with Gasteiger partial charge in [0, 0.05) is 29.4 Å². The van der Waals surface area contributed by atoms with E-state index in [9.17, 15) is 9.59 Å². The number of amides is 2. The minimum atomic E-state index is -0.145. The van der Waals surface area contributed by atoms with Crippen LogP contribution in [0.1, 0.15) is 27.3 Å². The molecule has 0 saturated carbocycles. The van der Waals surface area contributed by atoms with Crippen molar-refractivity contribution in [1.29, 1.82) is 0 Å². The molecule has 0 aliphatic carbocycles. The van der Waals surface area contributed by atoms with E-state index in [0.29, 0.717) is 36.5 Å². The Morgan fingerprint density at radius 3 is 2.63 bits per heavy atom. The molecule has 0 spiro atoms. The van der Waals surface area contributed by atoms with Crippen molar-refractivity contribution in [2.45, 2.75) is 19.3 Å². The molecule has 0 unspecified atom stereocenters. The standard InChI is InChI=1S/C21H21BrN4O3S/c1-29-17-8-5-14(6-9-17)7-10-18(27)24-21-26-25-19(30-21)11-12-23-20(28)15-3-2-4-16(22)13-15/h2-6,8-9,13H,7,10-12H2,1H3,(H,23,28)(H,24,26,27). The number of ether oxygens (including phenoxy) is 1. The maximum atomic E-state index is 12.1. The Kier molecular flexibility index (Phi) is 7.92. The third kappa shape index (κ3) is 6.64.